The minimum Gasteiger partial charge on any atom is -0.352 e. The third-order valence-corrected chi connectivity index (χ3v) is 2.31. The number of hydrogen-bond donors (Lipinski definition) is 1. The molecule has 0 aliphatic heterocycles. The summed E-state index contributed by atoms with van der Waals surface area (Å²) in [5.41, 5.74) is 2.94. The van der Waals surface area contributed by atoms with Crippen LogP contribution in [-0.4, -0.2) is 12.5 Å². The van der Waals surface area contributed by atoms with Crippen molar-refractivity contribution >= 4 is 5.91 Å². The highest BCUT2D eigenvalue weighted by Crippen LogP contribution is 2.10. The molecule has 1 rings (SSSR count). The molecule has 0 aliphatic carbocycles. The van der Waals surface area contributed by atoms with Crippen molar-refractivity contribution in [2.24, 2.45) is 5.92 Å². The van der Waals surface area contributed by atoms with Gasteiger partial charge >= 0.3 is 0 Å². The summed E-state index contributed by atoms with van der Waals surface area (Å²) in [5.74, 6) is 0.518. The number of carbonyl (C=O) groups excluding carboxylic acids is 1. The Morgan fingerprint density at radius 3 is 2.60 bits per heavy atom. The van der Waals surface area contributed by atoms with Crippen LogP contribution in [0.15, 0.2) is 18.2 Å². The minimum atomic E-state index is 0.0323. The first-order chi connectivity index (χ1) is 7.00. The molecule has 0 bridgehead atoms. The molecular formula is C13H19NO. The Morgan fingerprint density at radius 2 is 2.00 bits per heavy atom. The minimum absolute atomic E-state index is 0.0323. The van der Waals surface area contributed by atoms with Crippen LogP contribution >= 0.6 is 0 Å². The highest BCUT2D eigenvalue weighted by Gasteiger charge is 2.08. The highest BCUT2D eigenvalue weighted by atomic mass is 16.1. The lowest BCUT2D eigenvalue weighted by atomic mass is 10.0. The van der Waals surface area contributed by atoms with Crippen LogP contribution in [0.5, 0.6) is 0 Å². The first kappa shape index (κ1) is 11.8. The number of benzene rings is 1. The molecule has 0 spiro atoms. The van der Waals surface area contributed by atoms with E-state index in [-0.39, 0.29) is 5.91 Å². The van der Waals surface area contributed by atoms with Gasteiger partial charge in [0.05, 0.1) is 0 Å². The molecule has 1 aromatic rings. The van der Waals surface area contributed by atoms with Crippen molar-refractivity contribution in [3.8, 4) is 0 Å². The van der Waals surface area contributed by atoms with Crippen LogP contribution in [0, 0.1) is 19.8 Å². The van der Waals surface area contributed by atoms with E-state index in [1.165, 1.54) is 0 Å². The predicted octanol–water partition coefficient (Wildman–Crippen LogP) is 2.69. The van der Waals surface area contributed by atoms with Gasteiger partial charge < -0.3 is 5.32 Å². The van der Waals surface area contributed by atoms with E-state index in [0.29, 0.717) is 5.92 Å². The maximum atomic E-state index is 11.8. The van der Waals surface area contributed by atoms with Gasteiger partial charge in [-0.15, -0.1) is 0 Å². The molecule has 0 aliphatic rings. The Bertz CT molecular complexity index is 356. The van der Waals surface area contributed by atoms with Gasteiger partial charge in [-0.25, -0.2) is 0 Å². The molecule has 2 heteroatoms. The molecule has 0 radical (unpaired) electrons. The summed E-state index contributed by atoms with van der Waals surface area (Å²) in [6.07, 6.45) is 0. The first-order valence-corrected chi connectivity index (χ1v) is 5.36. The van der Waals surface area contributed by atoms with Crippen LogP contribution < -0.4 is 5.32 Å². The van der Waals surface area contributed by atoms with Gasteiger partial charge in [0, 0.05) is 12.1 Å². The van der Waals surface area contributed by atoms with E-state index in [4.69, 9.17) is 0 Å². The number of hydrogen-bond acceptors (Lipinski definition) is 1. The second kappa shape index (κ2) is 4.96. The smallest absolute Gasteiger partial charge is 0.251 e. The molecule has 1 N–H and O–H groups in total. The Kier molecular flexibility index (Phi) is 3.89. The zero-order chi connectivity index (χ0) is 11.4. The molecule has 1 aromatic carbocycles. The number of rotatable bonds is 3. The van der Waals surface area contributed by atoms with Crippen LogP contribution in [0.25, 0.3) is 0 Å². The lowest BCUT2D eigenvalue weighted by Gasteiger charge is -2.10. The Labute approximate surface area is 91.7 Å². The normalized spacial score (nSPS) is 10.5. The molecule has 0 saturated carbocycles. The maximum Gasteiger partial charge on any atom is 0.251 e. The van der Waals surface area contributed by atoms with Gasteiger partial charge in [0.1, 0.15) is 0 Å². The topological polar surface area (TPSA) is 29.1 Å². The fraction of sp³-hybridized carbons (Fsp3) is 0.462. The fourth-order valence-electron chi connectivity index (χ4n) is 1.37. The Balaban J connectivity index is 2.77. The van der Waals surface area contributed by atoms with Gasteiger partial charge in [0.25, 0.3) is 5.91 Å². The summed E-state index contributed by atoms with van der Waals surface area (Å²) in [6, 6.07) is 5.94. The zero-order valence-electron chi connectivity index (χ0n) is 9.92. The third-order valence-electron chi connectivity index (χ3n) is 2.31. The van der Waals surface area contributed by atoms with Gasteiger partial charge in [-0.05, 0) is 31.4 Å². The van der Waals surface area contributed by atoms with Crippen molar-refractivity contribution < 1.29 is 4.79 Å². The molecule has 0 heterocycles. The van der Waals surface area contributed by atoms with Crippen LogP contribution in [0.1, 0.15) is 35.3 Å². The van der Waals surface area contributed by atoms with Crippen molar-refractivity contribution in [3.63, 3.8) is 0 Å². The molecule has 0 atom stereocenters. The Morgan fingerprint density at radius 1 is 1.33 bits per heavy atom. The second-order valence-corrected chi connectivity index (χ2v) is 4.42. The summed E-state index contributed by atoms with van der Waals surface area (Å²) in [5, 5.41) is 2.93. The van der Waals surface area contributed by atoms with Gasteiger partial charge in [0.2, 0.25) is 0 Å². The number of nitrogens with one attached hydrogen (secondary N) is 1. The zero-order valence-corrected chi connectivity index (χ0v) is 9.92. The molecule has 15 heavy (non-hydrogen) atoms. The van der Waals surface area contributed by atoms with Crippen molar-refractivity contribution in [2.45, 2.75) is 27.7 Å². The maximum absolute atomic E-state index is 11.8. The van der Waals surface area contributed by atoms with Gasteiger partial charge in [-0.3, -0.25) is 4.79 Å². The summed E-state index contributed by atoms with van der Waals surface area (Å²) >= 11 is 0. The number of carbonyl (C=O) groups is 1. The van der Waals surface area contributed by atoms with E-state index in [1.807, 2.05) is 32.0 Å². The van der Waals surface area contributed by atoms with E-state index in [1.54, 1.807) is 0 Å². The molecule has 1 amide bonds. The molecular weight excluding hydrogens is 186 g/mol. The predicted molar refractivity (Wildman–Crippen MR) is 63.1 cm³/mol. The summed E-state index contributed by atoms with van der Waals surface area (Å²) in [6.45, 7) is 8.86. The fourth-order valence-corrected chi connectivity index (χ4v) is 1.37. The monoisotopic (exact) mass is 205 g/mol. The summed E-state index contributed by atoms with van der Waals surface area (Å²) < 4.78 is 0. The molecule has 0 fully saturated rings. The van der Waals surface area contributed by atoms with Crippen LogP contribution in [0.4, 0.5) is 0 Å². The average Bonchev–Trinajstić information content (AvgIpc) is 2.18. The van der Waals surface area contributed by atoms with Crippen molar-refractivity contribution in [2.75, 3.05) is 6.54 Å². The molecule has 0 aromatic heterocycles. The van der Waals surface area contributed by atoms with E-state index in [9.17, 15) is 4.79 Å². The standard InChI is InChI=1S/C13H19NO/c1-9(2)8-14-13(15)12-7-10(3)5-6-11(12)4/h5-7,9H,8H2,1-4H3,(H,14,15). The number of amides is 1. The average molecular weight is 205 g/mol. The quantitative estimate of drug-likeness (QED) is 0.807. The summed E-state index contributed by atoms with van der Waals surface area (Å²) in [4.78, 5) is 11.8. The van der Waals surface area contributed by atoms with Gasteiger partial charge in [-0.2, -0.15) is 0 Å². The van der Waals surface area contributed by atoms with Crippen molar-refractivity contribution in [3.05, 3.63) is 34.9 Å². The van der Waals surface area contributed by atoms with Crippen molar-refractivity contribution in [1.29, 1.82) is 0 Å². The van der Waals surface area contributed by atoms with E-state index in [2.05, 4.69) is 19.2 Å². The molecule has 0 unspecified atom stereocenters. The largest absolute Gasteiger partial charge is 0.352 e. The molecule has 0 saturated heterocycles. The van der Waals surface area contributed by atoms with Crippen LogP contribution in [0.3, 0.4) is 0 Å². The van der Waals surface area contributed by atoms with E-state index < -0.39 is 0 Å². The lowest BCUT2D eigenvalue weighted by Crippen LogP contribution is -2.27. The van der Waals surface area contributed by atoms with E-state index >= 15 is 0 Å². The third kappa shape index (κ3) is 3.39. The van der Waals surface area contributed by atoms with E-state index in [0.717, 1.165) is 23.2 Å². The summed E-state index contributed by atoms with van der Waals surface area (Å²) in [7, 11) is 0. The lowest BCUT2D eigenvalue weighted by molar-refractivity contribution is 0.0948. The molecule has 82 valence electrons. The van der Waals surface area contributed by atoms with Crippen LogP contribution in [-0.2, 0) is 0 Å². The number of aryl methyl sites for hydroxylation is 2. The molecule has 2 nitrogen and oxygen atoms in total. The first-order valence-electron chi connectivity index (χ1n) is 5.36. The highest BCUT2D eigenvalue weighted by molar-refractivity contribution is 5.95. The van der Waals surface area contributed by atoms with Crippen molar-refractivity contribution in [1.82, 2.24) is 5.32 Å². The van der Waals surface area contributed by atoms with Gasteiger partial charge in [-0.1, -0.05) is 31.5 Å². The SMILES string of the molecule is Cc1ccc(C)c(C(=O)NCC(C)C)c1. The van der Waals surface area contributed by atoms with Gasteiger partial charge in [0.15, 0.2) is 0 Å². The second-order valence-electron chi connectivity index (χ2n) is 4.42. The van der Waals surface area contributed by atoms with Crippen LogP contribution in [0.2, 0.25) is 0 Å². The Hall–Kier alpha value is -1.31.